The molecule has 2 amide bonds. The molecule has 164 valence electrons. The van der Waals surface area contributed by atoms with E-state index >= 15 is 0 Å². The number of carbonyl (C=O) groups is 4. The van der Waals surface area contributed by atoms with Gasteiger partial charge in [-0.25, -0.2) is 9.59 Å². The molecule has 0 radical (unpaired) electrons. The highest BCUT2D eigenvalue weighted by Gasteiger charge is 2.43. The number of alkyl carbamates (subject to hydrolysis) is 1. The number of benzene rings is 1. The molecule has 1 saturated carbocycles. The predicted molar refractivity (Wildman–Crippen MR) is 110 cm³/mol. The highest BCUT2D eigenvalue weighted by molar-refractivity contribution is 6.31. The van der Waals surface area contributed by atoms with Crippen molar-refractivity contribution < 1.29 is 28.7 Å². The maximum absolute atomic E-state index is 12.9. The lowest BCUT2D eigenvalue weighted by Crippen LogP contribution is -2.49. The topological polar surface area (TPSA) is 111 Å². The first-order valence-electron chi connectivity index (χ1n) is 9.86. The molecule has 1 fully saturated rings. The predicted octanol–water partition coefficient (Wildman–Crippen LogP) is 2.86. The number of ketones is 1. The van der Waals surface area contributed by atoms with Gasteiger partial charge < -0.3 is 20.1 Å². The molecule has 1 aromatic rings. The number of amides is 2. The molecule has 8 nitrogen and oxygen atoms in total. The normalized spacial score (nSPS) is 20.6. The zero-order valence-electron chi connectivity index (χ0n) is 17.3. The maximum atomic E-state index is 12.9. The van der Waals surface area contributed by atoms with Gasteiger partial charge in [-0.1, -0.05) is 36.2 Å². The van der Waals surface area contributed by atoms with Crippen LogP contribution in [0.5, 0.6) is 0 Å². The summed E-state index contributed by atoms with van der Waals surface area (Å²) in [6.07, 6.45) is 0.614. The standard InChI is InChI=1S/C21H27ClN2O6/c1-13(24-14(2)25)19(27)29-15(3)30-20(28)23-12-21(11-7-6-10-18(21)26)16-8-4-5-9-17(16)22/h4-5,8-9,13,15H,6-7,10-12H2,1-3H3,(H,23,28)(H,24,25)/t13-,15?,21+/m0/s1. The van der Waals surface area contributed by atoms with E-state index in [0.29, 0.717) is 23.4 Å². The van der Waals surface area contributed by atoms with E-state index in [1.54, 1.807) is 24.3 Å². The van der Waals surface area contributed by atoms with Gasteiger partial charge in [0.2, 0.25) is 12.2 Å². The van der Waals surface area contributed by atoms with Crippen LogP contribution in [0.1, 0.15) is 52.0 Å². The first kappa shape index (κ1) is 23.7. The van der Waals surface area contributed by atoms with Crippen LogP contribution in [0.3, 0.4) is 0 Å². The van der Waals surface area contributed by atoms with E-state index < -0.39 is 29.8 Å². The molecule has 0 saturated heterocycles. The summed E-state index contributed by atoms with van der Waals surface area (Å²) in [6, 6.07) is 6.23. The fourth-order valence-electron chi connectivity index (χ4n) is 3.58. The third kappa shape index (κ3) is 5.95. The molecule has 1 aliphatic carbocycles. The molecule has 1 aromatic carbocycles. The molecule has 9 heteroatoms. The third-order valence-corrected chi connectivity index (χ3v) is 5.37. The molecule has 0 aliphatic heterocycles. The largest absolute Gasteiger partial charge is 0.424 e. The summed E-state index contributed by atoms with van der Waals surface area (Å²) in [5.41, 5.74) is -0.240. The molecule has 30 heavy (non-hydrogen) atoms. The van der Waals surface area contributed by atoms with Crippen LogP contribution in [0.15, 0.2) is 24.3 Å². The quantitative estimate of drug-likeness (QED) is 0.500. The number of Topliss-reactive ketones (excluding diaryl/α,β-unsaturated/α-hetero) is 1. The lowest BCUT2D eigenvalue weighted by atomic mass is 9.68. The van der Waals surface area contributed by atoms with Crippen LogP contribution in [0.25, 0.3) is 0 Å². The molecule has 0 aromatic heterocycles. The van der Waals surface area contributed by atoms with Crippen molar-refractivity contribution in [3.05, 3.63) is 34.9 Å². The van der Waals surface area contributed by atoms with Gasteiger partial charge in [-0.3, -0.25) is 9.59 Å². The summed E-state index contributed by atoms with van der Waals surface area (Å²) in [6.45, 7) is 4.14. The number of hydrogen-bond acceptors (Lipinski definition) is 6. The number of nitrogens with one attached hydrogen (secondary N) is 2. The third-order valence-electron chi connectivity index (χ3n) is 5.04. The number of ether oxygens (including phenoxy) is 2. The number of rotatable bonds is 7. The zero-order chi connectivity index (χ0) is 22.3. The number of halogens is 1. The second-order valence-corrected chi connectivity index (χ2v) is 7.79. The first-order valence-corrected chi connectivity index (χ1v) is 10.2. The molecule has 2 rings (SSSR count). The Kier molecular flexibility index (Phi) is 8.23. The van der Waals surface area contributed by atoms with Crippen LogP contribution >= 0.6 is 11.6 Å². The Morgan fingerprint density at radius 3 is 2.50 bits per heavy atom. The van der Waals surface area contributed by atoms with Crippen LogP contribution in [-0.4, -0.2) is 42.6 Å². The number of hydrogen-bond donors (Lipinski definition) is 2. The van der Waals surface area contributed by atoms with Crippen molar-refractivity contribution in [3.63, 3.8) is 0 Å². The van der Waals surface area contributed by atoms with Crippen LogP contribution in [0, 0.1) is 0 Å². The highest BCUT2D eigenvalue weighted by atomic mass is 35.5. The van der Waals surface area contributed by atoms with E-state index in [2.05, 4.69) is 10.6 Å². The Balaban J connectivity index is 2.00. The summed E-state index contributed by atoms with van der Waals surface area (Å²) in [5.74, 6) is -1.10. The average molecular weight is 439 g/mol. The van der Waals surface area contributed by atoms with Crippen molar-refractivity contribution in [2.45, 2.75) is 64.2 Å². The van der Waals surface area contributed by atoms with E-state index in [0.717, 1.165) is 12.8 Å². The second kappa shape index (κ2) is 10.4. The van der Waals surface area contributed by atoms with Gasteiger partial charge in [-0.15, -0.1) is 0 Å². The Labute approximate surface area is 180 Å². The second-order valence-electron chi connectivity index (χ2n) is 7.38. The highest BCUT2D eigenvalue weighted by Crippen LogP contribution is 2.39. The number of esters is 1. The zero-order valence-corrected chi connectivity index (χ0v) is 18.1. The van der Waals surface area contributed by atoms with Gasteiger partial charge in [0.25, 0.3) is 0 Å². The number of carbonyl (C=O) groups excluding carboxylic acids is 4. The fourth-order valence-corrected chi connectivity index (χ4v) is 3.89. The minimum Gasteiger partial charge on any atom is -0.424 e. The molecule has 0 bridgehead atoms. The molecule has 2 N–H and O–H groups in total. The summed E-state index contributed by atoms with van der Waals surface area (Å²) in [4.78, 5) is 48.0. The van der Waals surface area contributed by atoms with Crippen LogP contribution in [-0.2, 0) is 29.3 Å². The van der Waals surface area contributed by atoms with E-state index in [1.165, 1.54) is 20.8 Å². The van der Waals surface area contributed by atoms with Crippen molar-refractivity contribution in [1.29, 1.82) is 0 Å². The molecular formula is C21H27ClN2O6. The van der Waals surface area contributed by atoms with Gasteiger partial charge in [0.1, 0.15) is 11.8 Å². The Bertz CT molecular complexity index is 814. The first-order chi connectivity index (χ1) is 14.2. The fraction of sp³-hybridized carbons (Fsp3) is 0.524. The Hall–Kier alpha value is -2.61. The van der Waals surface area contributed by atoms with Crippen molar-refractivity contribution in [1.82, 2.24) is 10.6 Å². The van der Waals surface area contributed by atoms with E-state index in [1.807, 2.05) is 0 Å². The molecule has 0 spiro atoms. The van der Waals surface area contributed by atoms with Gasteiger partial charge in [0.15, 0.2) is 0 Å². The molecule has 1 unspecified atom stereocenters. The molecular weight excluding hydrogens is 412 g/mol. The summed E-state index contributed by atoms with van der Waals surface area (Å²) in [5, 5.41) is 5.47. The Morgan fingerprint density at radius 1 is 1.17 bits per heavy atom. The van der Waals surface area contributed by atoms with Crippen LogP contribution in [0.4, 0.5) is 4.79 Å². The van der Waals surface area contributed by atoms with Gasteiger partial charge in [-0.2, -0.15) is 0 Å². The smallest absolute Gasteiger partial charge is 0.410 e. The minimum absolute atomic E-state index is 0.0192. The van der Waals surface area contributed by atoms with Gasteiger partial charge in [0.05, 0.1) is 5.41 Å². The van der Waals surface area contributed by atoms with Crippen LogP contribution in [0.2, 0.25) is 5.02 Å². The monoisotopic (exact) mass is 438 g/mol. The lowest BCUT2D eigenvalue weighted by molar-refractivity contribution is -0.167. The van der Waals surface area contributed by atoms with Crippen LogP contribution < -0.4 is 10.6 Å². The SMILES string of the molecule is CC(=O)N[C@@H](C)C(=O)OC(C)OC(=O)NC[C@@]1(c2ccccc2Cl)CCCCC1=O. The lowest BCUT2D eigenvalue weighted by Gasteiger charge is -2.37. The van der Waals surface area contributed by atoms with E-state index in [4.69, 9.17) is 21.1 Å². The van der Waals surface area contributed by atoms with Crippen molar-refractivity contribution in [2.24, 2.45) is 0 Å². The maximum Gasteiger partial charge on any atom is 0.410 e. The summed E-state index contributed by atoms with van der Waals surface area (Å²) in [7, 11) is 0. The minimum atomic E-state index is -1.17. The van der Waals surface area contributed by atoms with E-state index in [9.17, 15) is 19.2 Å². The summed E-state index contributed by atoms with van der Waals surface area (Å²) >= 11 is 6.35. The molecule has 0 heterocycles. The Morgan fingerprint density at radius 2 is 1.87 bits per heavy atom. The van der Waals surface area contributed by atoms with Crippen molar-refractivity contribution in [2.75, 3.05) is 6.54 Å². The average Bonchev–Trinajstić information content (AvgIpc) is 2.67. The van der Waals surface area contributed by atoms with Gasteiger partial charge in [0, 0.05) is 31.8 Å². The molecule has 3 atom stereocenters. The van der Waals surface area contributed by atoms with Gasteiger partial charge >= 0.3 is 12.1 Å². The van der Waals surface area contributed by atoms with Gasteiger partial charge in [-0.05, 0) is 31.4 Å². The molecule has 1 aliphatic rings. The van der Waals surface area contributed by atoms with Crippen molar-refractivity contribution in [3.8, 4) is 0 Å². The van der Waals surface area contributed by atoms with E-state index in [-0.39, 0.29) is 18.2 Å². The summed E-state index contributed by atoms with van der Waals surface area (Å²) < 4.78 is 10.1. The van der Waals surface area contributed by atoms with Crippen molar-refractivity contribution >= 4 is 35.4 Å².